The van der Waals surface area contributed by atoms with E-state index in [0.717, 1.165) is 27.6 Å². The van der Waals surface area contributed by atoms with E-state index in [4.69, 9.17) is 0 Å². The van der Waals surface area contributed by atoms with Gasteiger partial charge in [-0.2, -0.15) is 0 Å². The SMILES string of the molecule is CCC(C)(C)N(C)c1ccnc2cc(Br)cnc12. The first kappa shape index (κ1) is 13.3. The predicted molar refractivity (Wildman–Crippen MR) is 80.0 cm³/mol. The lowest BCUT2D eigenvalue weighted by Crippen LogP contribution is -2.40. The molecule has 0 saturated heterocycles. The van der Waals surface area contributed by atoms with E-state index in [1.54, 1.807) is 0 Å². The summed E-state index contributed by atoms with van der Waals surface area (Å²) in [7, 11) is 2.11. The summed E-state index contributed by atoms with van der Waals surface area (Å²) in [6, 6.07) is 4.03. The maximum atomic E-state index is 4.50. The third-order valence-corrected chi connectivity index (χ3v) is 4.09. The molecular weight excluding hydrogens is 290 g/mol. The van der Waals surface area contributed by atoms with Crippen LogP contribution >= 0.6 is 15.9 Å². The van der Waals surface area contributed by atoms with Crippen molar-refractivity contribution in [2.24, 2.45) is 0 Å². The molecule has 0 aromatic carbocycles. The third kappa shape index (κ3) is 2.34. The predicted octanol–water partition coefficient (Wildman–Crippen LogP) is 4.02. The molecule has 0 saturated carbocycles. The minimum absolute atomic E-state index is 0.100. The molecule has 0 unspecified atom stereocenters. The van der Waals surface area contributed by atoms with Crippen LogP contribution in [-0.4, -0.2) is 22.6 Å². The van der Waals surface area contributed by atoms with E-state index >= 15 is 0 Å². The number of anilines is 1. The average Bonchev–Trinajstić information content (AvgIpc) is 2.36. The second kappa shape index (κ2) is 4.84. The van der Waals surface area contributed by atoms with Crippen LogP contribution in [0, 0.1) is 0 Å². The lowest BCUT2D eigenvalue weighted by Gasteiger charge is -2.37. The molecule has 0 amide bonds. The Bertz CT molecular complexity index is 566. The zero-order valence-corrected chi connectivity index (χ0v) is 12.8. The normalized spacial score (nSPS) is 11.8. The fourth-order valence-electron chi connectivity index (χ4n) is 1.83. The van der Waals surface area contributed by atoms with Crippen molar-refractivity contribution in [3.8, 4) is 0 Å². The van der Waals surface area contributed by atoms with Crippen molar-refractivity contribution in [2.45, 2.75) is 32.7 Å². The molecule has 0 spiro atoms. The summed E-state index contributed by atoms with van der Waals surface area (Å²) in [4.78, 5) is 11.1. The van der Waals surface area contributed by atoms with Crippen LogP contribution in [0.4, 0.5) is 5.69 Å². The Morgan fingerprint density at radius 2 is 2.06 bits per heavy atom. The van der Waals surface area contributed by atoms with E-state index in [2.05, 4.69) is 58.6 Å². The van der Waals surface area contributed by atoms with Crippen molar-refractivity contribution in [1.29, 1.82) is 0 Å². The molecule has 0 fully saturated rings. The number of hydrogen-bond acceptors (Lipinski definition) is 3. The van der Waals surface area contributed by atoms with Crippen LogP contribution in [-0.2, 0) is 0 Å². The standard InChI is InChI=1S/C14H18BrN3/c1-5-14(2,3)18(4)12-6-7-16-11-8-10(15)9-17-13(11)12/h6-9H,5H2,1-4H3. The van der Waals surface area contributed by atoms with Gasteiger partial charge in [-0.05, 0) is 48.3 Å². The zero-order chi connectivity index (χ0) is 13.3. The molecule has 0 aliphatic rings. The molecule has 0 aliphatic carbocycles. The molecule has 2 heterocycles. The third-order valence-electron chi connectivity index (χ3n) is 3.66. The Morgan fingerprint density at radius 3 is 2.72 bits per heavy atom. The molecule has 0 aliphatic heterocycles. The van der Waals surface area contributed by atoms with Crippen LogP contribution in [0.3, 0.4) is 0 Å². The van der Waals surface area contributed by atoms with Crippen LogP contribution in [0.25, 0.3) is 11.0 Å². The lowest BCUT2D eigenvalue weighted by atomic mass is 9.99. The fourth-order valence-corrected chi connectivity index (χ4v) is 2.14. The van der Waals surface area contributed by atoms with Crippen molar-refractivity contribution in [2.75, 3.05) is 11.9 Å². The van der Waals surface area contributed by atoms with Crippen molar-refractivity contribution < 1.29 is 0 Å². The topological polar surface area (TPSA) is 29.0 Å². The largest absolute Gasteiger partial charge is 0.368 e. The molecule has 4 heteroatoms. The van der Waals surface area contributed by atoms with E-state index in [0.29, 0.717) is 0 Å². The van der Waals surface area contributed by atoms with Crippen molar-refractivity contribution >= 4 is 32.7 Å². The van der Waals surface area contributed by atoms with Gasteiger partial charge in [-0.1, -0.05) is 6.92 Å². The van der Waals surface area contributed by atoms with Gasteiger partial charge in [0.15, 0.2) is 0 Å². The van der Waals surface area contributed by atoms with Gasteiger partial charge in [0, 0.05) is 29.5 Å². The van der Waals surface area contributed by atoms with Gasteiger partial charge in [0.1, 0.15) is 5.52 Å². The minimum Gasteiger partial charge on any atom is -0.368 e. The molecule has 2 aromatic heterocycles. The summed E-state index contributed by atoms with van der Waals surface area (Å²) in [6.07, 6.45) is 4.73. The van der Waals surface area contributed by atoms with Gasteiger partial charge >= 0.3 is 0 Å². The Labute approximate surface area is 116 Å². The van der Waals surface area contributed by atoms with Gasteiger partial charge in [-0.25, -0.2) is 0 Å². The summed E-state index contributed by atoms with van der Waals surface area (Å²) in [5, 5.41) is 0. The molecule has 3 nitrogen and oxygen atoms in total. The molecule has 0 bridgehead atoms. The van der Waals surface area contributed by atoms with Gasteiger partial charge in [0.25, 0.3) is 0 Å². The summed E-state index contributed by atoms with van der Waals surface area (Å²) >= 11 is 3.43. The number of aromatic nitrogens is 2. The molecule has 0 radical (unpaired) electrons. The second-order valence-electron chi connectivity index (χ2n) is 5.08. The lowest BCUT2D eigenvalue weighted by molar-refractivity contribution is 0.471. The molecule has 0 N–H and O–H groups in total. The van der Waals surface area contributed by atoms with E-state index in [9.17, 15) is 0 Å². The molecule has 2 rings (SSSR count). The highest BCUT2D eigenvalue weighted by Gasteiger charge is 2.23. The summed E-state index contributed by atoms with van der Waals surface area (Å²) in [6.45, 7) is 6.67. The number of pyridine rings is 2. The molecule has 2 aromatic rings. The number of rotatable bonds is 3. The Hall–Kier alpha value is -1.16. The van der Waals surface area contributed by atoms with Gasteiger partial charge in [-0.3, -0.25) is 9.97 Å². The maximum absolute atomic E-state index is 4.50. The van der Waals surface area contributed by atoms with E-state index in [1.807, 2.05) is 24.5 Å². The molecule has 96 valence electrons. The van der Waals surface area contributed by atoms with Gasteiger partial charge < -0.3 is 4.90 Å². The van der Waals surface area contributed by atoms with E-state index in [-0.39, 0.29) is 5.54 Å². The van der Waals surface area contributed by atoms with Crippen molar-refractivity contribution in [1.82, 2.24) is 9.97 Å². The Morgan fingerprint density at radius 1 is 1.33 bits per heavy atom. The van der Waals surface area contributed by atoms with Crippen molar-refractivity contribution in [3.05, 3.63) is 29.0 Å². The average molecular weight is 308 g/mol. The number of halogens is 1. The van der Waals surface area contributed by atoms with Crippen LogP contribution < -0.4 is 4.90 Å². The summed E-state index contributed by atoms with van der Waals surface area (Å²) in [5.41, 5.74) is 3.09. The Balaban J connectivity index is 2.58. The van der Waals surface area contributed by atoms with Crippen molar-refractivity contribution in [3.63, 3.8) is 0 Å². The van der Waals surface area contributed by atoms with Crippen LogP contribution in [0.15, 0.2) is 29.0 Å². The van der Waals surface area contributed by atoms with Gasteiger partial charge in [0.05, 0.1) is 11.2 Å². The maximum Gasteiger partial charge on any atom is 0.112 e. The van der Waals surface area contributed by atoms with Crippen LogP contribution in [0.2, 0.25) is 0 Å². The van der Waals surface area contributed by atoms with Gasteiger partial charge in [0.2, 0.25) is 0 Å². The smallest absolute Gasteiger partial charge is 0.112 e. The molecule has 18 heavy (non-hydrogen) atoms. The monoisotopic (exact) mass is 307 g/mol. The zero-order valence-electron chi connectivity index (χ0n) is 11.2. The first-order chi connectivity index (χ1) is 8.45. The Kier molecular flexibility index (Phi) is 3.57. The number of fused-ring (bicyclic) bond motifs is 1. The second-order valence-corrected chi connectivity index (χ2v) is 5.99. The fraction of sp³-hybridized carbons (Fsp3) is 0.429. The molecular formula is C14H18BrN3. The van der Waals surface area contributed by atoms with E-state index < -0.39 is 0 Å². The first-order valence-electron chi connectivity index (χ1n) is 6.10. The first-order valence-corrected chi connectivity index (χ1v) is 6.89. The number of nitrogens with zero attached hydrogens (tertiary/aromatic N) is 3. The van der Waals surface area contributed by atoms with Crippen LogP contribution in [0.1, 0.15) is 27.2 Å². The van der Waals surface area contributed by atoms with E-state index in [1.165, 1.54) is 0 Å². The quantitative estimate of drug-likeness (QED) is 0.857. The molecule has 0 atom stereocenters. The highest BCUT2D eigenvalue weighted by atomic mass is 79.9. The van der Waals surface area contributed by atoms with Gasteiger partial charge in [-0.15, -0.1) is 0 Å². The minimum atomic E-state index is 0.100. The summed E-state index contributed by atoms with van der Waals surface area (Å²) in [5.74, 6) is 0. The summed E-state index contributed by atoms with van der Waals surface area (Å²) < 4.78 is 0.956. The van der Waals surface area contributed by atoms with Crippen LogP contribution in [0.5, 0.6) is 0 Å². The number of hydrogen-bond donors (Lipinski definition) is 0. The highest BCUT2D eigenvalue weighted by Crippen LogP contribution is 2.30. The highest BCUT2D eigenvalue weighted by molar-refractivity contribution is 9.10.